The molecular formula is C19H24N6O3S. The lowest BCUT2D eigenvalue weighted by molar-refractivity contribution is -0.384. The third-order valence-corrected chi connectivity index (χ3v) is 6.18. The SMILES string of the molecule is Cc1ccc([N+](=O)[O-])cc1NC(=O)CSc1nnc(N2CCCCC2)n1C1CC1. The second-order valence-electron chi connectivity index (χ2n) is 7.52. The van der Waals surface area contributed by atoms with Gasteiger partial charge in [-0.05, 0) is 44.6 Å². The van der Waals surface area contributed by atoms with Gasteiger partial charge in [-0.1, -0.05) is 17.8 Å². The average molecular weight is 417 g/mol. The van der Waals surface area contributed by atoms with Gasteiger partial charge in [-0.2, -0.15) is 0 Å². The van der Waals surface area contributed by atoms with E-state index in [0.29, 0.717) is 11.7 Å². The summed E-state index contributed by atoms with van der Waals surface area (Å²) in [5.41, 5.74) is 1.20. The highest BCUT2D eigenvalue weighted by Gasteiger charge is 2.32. The van der Waals surface area contributed by atoms with Gasteiger partial charge in [-0.15, -0.1) is 10.2 Å². The summed E-state index contributed by atoms with van der Waals surface area (Å²) in [5.74, 6) is 0.876. The van der Waals surface area contributed by atoms with E-state index in [2.05, 4.69) is 25.0 Å². The predicted molar refractivity (Wildman–Crippen MR) is 112 cm³/mol. The molecule has 4 rings (SSSR count). The van der Waals surface area contributed by atoms with E-state index in [1.54, 1.807) is 13.0 Å². The third-order valence-electron chi connectivity index (χ3n) is 5.24. The second-order valence-corrected chi connectivity index (χ2v) is 8.47. The minimum Gasteiger partial charge on any atom is -0.341 e. The second kappa shape index (κ2) is 8.40. The van der Waals surface area contributed by atoms with Gasteiger partial charge in [0.05, 0.1) is 16.4 Å². The number of nitrogens with zero attached hydrogens (tertiary/aromatic N) is 5. The fraction of sp³-hybridized carbons (Fsp3) is 0.526. The molecule has 1 aromatic carbocycles. The van der Waals surface area contributed by atoms with Gasteiger partial charge in [0.25, 0.3) is 5.69 Å². The number of nitro benzene ring substituents is 1. The zero-order valence-electron chi connectivity index (χ0n) is 16.3. The summed E-state index contributed by atoms with van der Waals surface area (Å²) >= 11 is 1.36. The van der Waals surface area contributed by atoms with Crippen LogP contribution in [0, 0.1) is 17.0 Å². The van der Waals surface area contributed by atoms with E-state index >= 15 is 0 Å². The van der Waals surface area contributed by atoms with Crippen molar-refractivity contribution < 1.29 is 9.72 Å². The third kappa shape index (κ3) is 4.52. The Morgan fingerprint density at radius 2 is 2.03 bits per heavy atom. The van der Waals surface area contributed by atoms with Crippen LogP contribution in [-0.2, 0) is 4.79 Å². The number of rotatable bonds is 7. The maximum Gasteiger partial charge on any atom is 0.271 e. The van der Waals surface area contributed by atoms with Gasteiger partial charge in [0.2, 0.25) is 11.9 Å². The van der Waals surface area contributed by atoms with E-state index < -0.39 is 4.92 Å². The first-order chi connectivity index (χ1) is 14.0. The van der Waals surface area contributed by atoms with Crippen molar-refractivity contribution in [3.63, 3.8) is 0 Å². The lowest BCUT2D eigenvalue weighted by Gasteiger charge is -2.27. The highest BCUT2D eigenvalue weighted by atomic mass is 32.2. The zero-order valence-corrected chi connectivity index (χ0v) is 17.2. The Morgan fingerprint density at radius 3 is 2.72 bits per heavy atom. The number of non-ortho nitro benzene ring substituents is 1. The number of nitro groups is 1. The Morgan fingerprint density at radius 1 is 1.28 bits per heavy atom. The van der Waals surface area contributed by atoms with E-state index in [9.17, 15) is 14.9 Å². The predicted octanol–water partition coefficient (Wildman–Crippen LogP) is 3.55. The molecule has 2 fully saturated rings. The first-order valence-corrected chi connectivity index (χ1v) is 10.9. The molecular weight excluding hydrogens is 392 g/mol. The summed E-state index contributed by atoms with van der Waals surface area (Å²) in [6.07, 6.45) is 5.83. The highest BCUT2D eigenvalue weighted by molar-refractivity contribution is 7.99. The van der Waals surface area contributed by atoms with Crippen LogP contribution in [0.5, 0.6) is 0 Å². The fourth-order valence-electron chi connectivity index (χ4n) is 3.50. The molecule has 1 saturated carbocycles. The number of aryl methyl sites for hydroxylation is 1. The van der Waals surface area contributed by atoms with Crippen molar-refractivity contribution in [2.45, 2.75) is 50.2 Å². The molecule has 29 heavy (non-hydrogen) atoms. The van der Waals surface area contributed by atoms with Gasteiger partial charge < -0.3 is 10.2 Å². The smallest absolute Gasteiger partial charge is 0.271 e. The molecule has 1 amide bonds. The van der Waals surface area contributed by atoms with E-state index in [0.717, 1.165) is 42.6 Å². The number of amides is 1. The van der Waals surface area contributed by atoms with E-state index in [-0.39, 0.29) is 17.3 Å². The highest BCUT2D eigenvalue weighted by Crippen LogP contribution is 2.41. The number of carbonyl (C=O) groups is 1. The van der Waals surface area contributed by atoms with Gasteiger partial charge in [0.1, 0.15) is 0 Å². The summed E-state index contributed by atoms with van der Waals surface area (Å²) in [6.45, 7) is 3.81. The molecule has 9 nitrogen and oxygen atoms in total. The van der Waals surface area contributed by atoms with Gasteiger partial charge >= 0.3 is 0 Å². The quantitative estimate of drug-likeness (QED) is 0.418. The number of piperidine rings is 1. The standard InChI is InChI=1S/C19H24N6O3S/c1-13-5-6-15(25(27)28)11-16(13)20-17(26)12-29-19-22-21-18(24(19)14-7-8-14)23-9-3-2-4-10-23/h5-6,11,14H,2-4,7-10,12H2,1H3,(H,20,26). The largest absolute Gasteiger partial charge is 0.341 e. The minimum absolute atomic E-state index is 0.0433. The molecule has 0 radical (unpaired) electrons. The Bertz CT molecular complexity index is 921. The number of nitrogens with one attached hydrogen (secondary N) is 1. The molecule has 2 aliphatic rings. The van der Waals surface area contributed by atoms with Gasteiger partial charge in [0.15, 0.2) is 5.16 Å². The number of aromatic nitrogens is 3. The molecule has 0 bridgehead atoms. The Kier molecular flexibility index (Phi) is 5.70. The van der Waals surface area contributed by atoms with Gasteiger partial charge in [-0.25, -0.2) is 0 Å². The van der Waals surface area contributed by atoms with E-state index in [1.165, 1.54) is 43.2 Å². The monoisotopic (exact) mass is 416 g/mol. The molecule has 1 aliphatic heterocycles. The van der Waals surface area contributed by atoms with Crippen molar-refractivity contribution in [1.82, 2.24) is 14.8 Å². The maximum atomic E-state index is 12.5. The van der Waals surface area contributed by atoms with Crippen molar-refractivity contribution in [2.75, 3.05) is 29.1 Å². The van der Waals surface area contributed by atoms with Crippen LogP contribution in [0.4, 0.5) is 17.3 Å². The first kappa shape index (κ1) is 19.7. The van der Waals surface area contributed by atoms with Crippen LogP contribution in [0.1, 0.15) is 43.7 Å². The van der Waals surface area contributed by atoms with Crippen LogP contribution in [0.2, 0.25) is 0 Å². The molecule has 2 heterocycles. The van der Waals surface area contributed by atoms with Crippen molar-refractivity contribution in [1.29, 1.82) is 0 Å². The van der Waals surface area contributed by atoms with Crippen molar-refractivity contribution in [2.24, 2.45) is 0 Å². The number of carbonyl (C=O) groups excluding carboxylic acids is 1. The fourth-order valence-corrected chi connectivity index (χ4v) is 4.30. The van der Waals surface area contributed by atoms with Crippen LogP contribution < -0.4 is 10.2 Å². The normalized spacial score (nSPS) is 16.7. The van der Waals surface area contributed by atoms with Gasteiger partial charge in [0, 0.05) is 31.3 Å². The number of hydrogen-bond donors (Lipinski definition) is 1. The molecule has 1 aromatic heterocycles. The molecule has 0 unspecified atom stereocenters. The van der Waals surface area contributed by atoms with Crippen molar-refractivity contribution in [3.05, 3.63) is 33.9 Å². The van der Waals surface area contributed by atoms with Gasteiger partial charge in [-0.3, -0.25) is 19.5 Å². The van der Waals surface area contributed by atoms with Crippen LogP contribution in [0.25, 0.3) is 0 Å². The number of benzene rings is 1. The Balaban J connectivity index is 1.43. The van der Waals surface area contributed by atoms with Crippen molar-refractivity contribution >= 4 is 35.0 Å². The summed E-state index contributed by atoms with van der Waals surface area (Å²) in [4.78, 5) is 25.3. The Labute approximate surface area is 173 Å². The van der Waals surface area contributed by atoms with Crippen molar-refractivity contribution in [3.8, 4) is 0 Å². The molecule has 1 aliphatic carbocycles. The molecule has 2 aromatic rings. The Hall–Kier alpha value is -2.62. The van der Waals surface area contributed by atoms with Crippen LogP contribution in [0.3, 0.4) is 0 Å². The number of anilines is 2. The molecule has 1 saturated heterocycles. The first-order valence-electron chi connectivity index (χ1n) is 9.90. The summed E-state index contributed by atoms with van der Waals surface area (Å²) < 4.78 is 2.18. The molecule has 0 spiro atoms. The summed E-state index contributed by atoms with van der Waals surface area (Å²) in [6, 6.07) is 4.88. The van der Waals surface area contributed by atoms with Crippen LogP contribution in [-0.4, -0.2) is 44.4 Å². The van der Waals surface area contributed by atoms with E-state index in [4.69, 9.17) is 0 Å². The lowest BCUT2D eigenvalue weighted by Crippen LogP contribution is -2.32. The minimum atomic E-state index is -0.468. The average Bonchev–Trinajstić information content (AvgIpc) is 3.47. The van der Waals surface area contributed by atoms with E-state index in [1.807, 2.05) is 0 Å². The van der Waals surface area contributed by atoms with Crippen LogP contribution in [0.15, 0.2) is 23.4 Å². The zero-order chi connectivity index (χ0) is 20.4. The molecule has 1 N–H and O–H groups in total. The topological polar surface area (TPSA) is 106 Å². The summed E-state index contributed by atoms with van der Waals surface area (Å²) in [5, 5.41) is 23.3. The number of thioether (sulfide) groups is 1. The molecule has 0 atom stereocenters. The molecule has 10 heteroatoms. The maximum absolute atomic E-state index is 12.5. The van der Waals surface area contributed by atoms with Crippen LogP contribution >= 0.6 is 11.8 Å². The summed E-state index contributed by atoms with van der Waals surface area (Å²) in [7, 11) is 0. The number of hydrogen-bond acceptors (Lipinski definition) is 7. The molecule has 154 valence electrons. The lowest BCUT2D eigenvalue weighted by atomic mass is 10.1.